The van der Waals surface area contributed by atoms with Gasteiger partial charge in [-0.1, -0.05) is 16.8 Å². The van der Waals surface area contributed by atoms with Crippen LogP contribution in [0.1, 0.15) is 20.3 Å². The summed E-state index contributed by atoms with van der Waals surface area (Å²) in [6, 6.07) is 2.94. The molecule has 0 heterocycles. The molecule has 17 heteroatoms. The van der Waals surface area contributed by atoms with Gasteiger partial charge < -0.3 is 24.6 Å². The maximum Gasteiger partial charge on any atom is 0.573 e. The van der Waals surface area contributed by atoms with Gasteiger partial charge in [0.05, 0.1) is 18.2 Å². The van der Waals surface area contributed by atoms with E-state index in [2.05, 4.69) is 20.0 Å². The number of guanidine groups is 2. The van der Waals surface area contributed by atoms with Gasteiger partial charge >= 0.3 is 14.2 Å². The Morgan fingerprint density at radius 3 is 2.47 bits per heavy atom. The minimum atomic E-state index is -5.09. The Morgan fingerprint density at radius 2 is 1.94 bits per heavy atom. The van der Waals surface area contributed by atoms with Gasteiger partial charge in [-0.15, -0.1) is 17.8 Å². The van der Waals surface area contributed by atoms with E-state index >= 15 is 0 Å². The van der Waals surface area contributed by atoms with Crippen molar-refractivity contribution < 1.29 is 46.5 Å². The van der Waals surface area contributed by atoms with Crippen LogP contribution < -0.4 is 20.1 Å². The fourth-order valence-electron chi connectivity index (χ4n) is 1.90. The van der Waals surface area contributed by atoms with E-state index in [9.17, 15) is 17.7 Å². The Balaban J connectivity index is 2.55. The lowest BCUT2D eigenvalue weighted by molar-refractivity contribution is -0.274. The lowest BCUT2D eigenvalue weighted by Gasteiger charge is -2.23. The highest BCUT2D eigenvalue weighted by Gasteiger charge is 2.31. The minimum absolute atomic E-state index is 0.0611. The Labute approximate surface area is 185 Å². The van der Waals surface area contributed by atoms with Gasteiger partial charge in [0, 0.05) is 18.5 Å². The van der Waals surface area contributed by atoms with Gasteiger partial charge in [0.25, 0.3) is 5.96 Å². The van der Waals surface area contributed by atoms with Crippen LogP contribution in [0.4, 0.5) is 13.2 Å². The summed E-state index contributed by atoms with van der Waals surface area (Å²) in [7, 11) is -5.09. The van der Waals surface area contributed by atoms with Gasteiger partial charge in [-0.2, -0.15) is 0 Å². The van der Waals surface area contributed by atoms with E-state index in [1.807, 2.05) is 0 Å². The van der Waals surface area contributed by atoms with Crippen LogP contribution in [0.15, 0.2) is 18.2 Å². The molecule has 0 spiro atoms. The number of rotatable bonds is 10. The van der Waals surface area contributed by atoms with Gasteiger partial charge in [-0.3, -0.25) is 16.1 Å². The second-order valence-corrected chi connectivity index (χ2v) is 7.70. The second kappa shape index (κ2) is 12.1. The van der Waals surface area contributed by atoms with E-state index in [1.54, 1.807) is 13.8 Å². The molecule has 6 N–H and O–H groups in total. The normalized spacial score (nSPS) is 11.8. The highest BCUT2D eigenvalue weighted by molar-refractivity contribution is 7.46. The average Bonchev–Trinajstić information content (AvgIpc) is 2.58. The molecule has 12 nitrogen and oxygen atoms in total. The smallest absolute Gasteiger partial charge is 0.492 e. The molecular weight excluding hydrogens is 486 g/mol. The quantitative estimate of drug-likeness (QED) is 0.0909. The second-order valence-electron chi connectivity index (χ2n) is 6.15. The first-order valence-electron chi connectivity index (χ1n) is 8.73. The van der Waals surface area contributed by atoms with Gasteiger partial charge in [0.15, 0.2) is 5.96 Å². The summed E-state index contributed by atoms with van der Waals surface area (Å²) < 4.78 is 60.9. The van der Waals surface area contributed by atoms with Crippen LogP contribution in [0, 0.1) is 10.8 Å². The van der Waals surface area contributed by atoms with Crippen LogP contribution in [0.3, 0.4) is 0 Å². The number of hydrogen-bond donors (Lipinski definition) is 6. The number of phosphoric acid groups is 1. The summed E-state index contributed by atoms with van der Waals surface area (Å²) in [5.74, 6) is -1.60. The molecule has 0 aromatic heterocycles. The zero-order valence-electron chi connectivity index (χ0n) is 16.8. The molecule has 0 saturated carbocycles. The first kappa shape index (κ1) is 27.7. The molecule has 0 atom stereocenters. The van der Waals surface area contributed by atoms with Crippen molar-refractivity contribution in [2.45, 2.75) is 32.7 Å². The molecule has 0 radical (unpaired) electrons. The van der Waals surface area contributed by atoms with E-state index in [4.69, 9.17) is 41.8 Å². The Bertz CT molecular complexity index is 840. The topological polar surface area (TPSA) is 169 Å². The molecule has 0 unspecified atom stereocenters. The molecule has 0 amide bonds. The van der Waals surface area contributed by atoms with Crippen LogP contribution in [-0.4, -0.2) is 52.6 Å². The molecule has 182 valence electrons. The third-order valence-corrected chi connectivity index (χ3v) is 3.59. The first-order chi connectivity index (χ1) is 14.7. The van der Waals surface area contributed by atoms with E-state index < -0.39 is 25.9 Å². The lowest BCUT2D eigenvalue weighted by atomic mass is 10.3. The molecule has 0 aliphatic carbocycles. The molecule has 1 aromatic carbocycles. The van der Waals surface area contributed by atoms with E-state index in [0.29, 0.717) is 0 Å². The van der Waals surface area contributed by atoms with Gasteiger partial charge in [-0.25, -0.2) is 9.40 Å². The molecule has 0 fully saturated rings. The number of hydrogen-bond acceptors (Lipinski definition) is 7. The van der Waals surface area contributed by atoms with Crippen LogP contribution in [0.5, 0.6) is 11.5 Å². The molecule has 1 aromatic rings. The van der Waals surface area contributed by atoms with Gasteiger partial charge in [0.2, 0.25) is 0 Å². The van der Waals surface area contributed by atoms with E-state index in [0.717, 1.165) is 12.1 Å². The van der Waals surface area contributed by atoms with Crippen LogP contribution in [0.25, 0.3) is 0 Å². The summed E-state index contributed by atoms with van der Waals surface area (Å²) in [5, 5.41) is 20.1. The Morgan fingerprint density at radius 1 is 1.28 bits per heavy atom. The third-order valence-electron chi connectivity index (χ3n) is 2.93. The van der Waals surface area contributed by atoms with Gasteiger partial charge in [-0.05, 0) is 26.0 Å². The number of alkyl halides is 3. The van der Waals surface area contributed by atoms with Crippen molar-refractivity contribution >= 4 is 31.3 Å². The van der Waals surface area contributed by atoms with E-state index in [1.165, 1.54) is 6.07 Å². The number of ether oxygens (including phenoxy) is 2. The van der Waals surface area contributed by atoms with Crippen molar-refractivity contribution in [2.75, 3.05) is 13.2 Å². The summed E-state index contributed by atoms with van der Waals surface area (Å²) in [5.41, 5.74) is 0. The molecule has 0 saturated heterocycles. The fourth-order valence-corrected chi connectivity index (χ4v) is 2.45. The van der Waals surface area contributed by atoms with Crippen LogP contribution in [0.2, 0.25) is 5.02 Å². The van der Waals surface area contributed by atoms with Crippen molar-refractivity contribution in [1.29, 1.82) is 10.8 Å². The maximum atomic E-state index is 12.2. The number of halogens is 4. The molecule has 0 aliphatic rings. The molecular formula is C15H22ClF3N5O7P. The fraction of sp³-hybridized carbons (Fsp3) is 0.467. The minimum Gasteiger partial charge on any atom is -0.492 e. The SMILES string of the molecule is CC(C)NC(=N)NC(=N)N(OCCCOc1ccc(OC(F)(F)F)cc1Cl)OP(=O)(O)O. The summed E-state index contributed by atoms with van der Waals surface area (Å²) in [6.45, 7) is 3.13. The highest BCUT2D eigenvalue weighted by atomic mass is 35.5. The van der Waals surface area contributed by atoms with Crippen molar-refractivity contribution in [2.24, 2.45) is 0 Å². The van der Waals surface area contributed by atoms with Crippen molar-refractivity contribution in [3.05, 3.63) is 23.2 Å². The van der Waals surface area contributed by atoms with E-state index in [-0.39, 0.29) is 47.6 Å². The third kappa shape index (κ3) is 11.9. The average molecular weight is 508 g/mol. The standard InChI is InChI=1S/C15H22ClF3N5O7P/c1-9(2)22-13(20)23-14(21)24(31-32(25,26)27)29-7-3-6-28-12-5-4-10(8-11(12)16)30-15(17,18)19/h4-5,8-9H,3,6-7H2,1-2H3,(H2,25,26,27)(H4,20,21,22,23). The molecule has 32 heavy (non-hydrogen) atoms. The lowest BCUT2D eigenvalue weighted by Crippen LogP contribution is -2.49. The molecule has 0 aliphatic heterocycles. The number of nitrogens with one attached hydrogen (secondary N) is 4. The van der Waals surface area contributed by atoms with Crippen molar-refractivity contribution in [3.63, 3.8) is 0 Å². The largest absolute Gasteiger partial charge is 0.573 e. The summed E-state index contributed by atoms with van der Waals surface area (Å²) >= 11 is 5.84. The molecule has 0 bridgehead atoms. The summed E-state index contributed by atoms with van der Waals surface area (Å²) in [6.07, 6.45) is -4.77. The zero-order valence-corrected chi connectivity index (χ0v) is 18.4. The van der Waals surface area contributed by atoms with Crippen LogP contribution in [-0.2, 0) is 14.0 Å². The molecule has 1 rings (SSSR count). The van der Waals surface area contributed by atoms with Crippen LogP contribution >= 0.6 is 19.4 Å². The van der Waals surface area contributed by atoms with Crippen molar-refractivity contribution in [3.8, 4) is 11.5 Å². The van der Waals surface area contributed by atoms with Crippen molar-refractivity contribution in [1.82, 2.24) is 15.9 Å². The number of hydroxylamine groups is 2. The zero-order chi connectivity index (χ0) is 24.5. The Hall–Kier alpha value is -2.29. The number of benzene rings is 1. The predicted molar refractivity (Wildman–Crippen MR) is 106 cm³/mol. The maximum absolute atomic E-state index is 12.2. The van der Waals surface area contributed by atoms with Gasteiger partial charge in [0.1, 0.15) is 11.5 Å². The summed E-state index contributed by atoms with van der Waals surface area (Å²) in [4.78, 5) is 22.9. The predicted octanol–water partition coefficient (Wildman–Crippen LogP) is 2.72. The highest BCUT2D eigenvalue weighted by Crippen LogP contribution is 2.37. The Kier molecular flexibility index (Phi) is 10.5. The number of nitrogens with zero attached hydrogens (tertiary/aromatic N) is 1. The monoisotopic (exact) mass is 507 g/mol. The first-order valence-corrected chi connectivity index (χ1v) is 10.6.